The van der Waals surface area contributed by atoms with E-state index in [9.17, 15) is 8.78 Å². The van der Waals surface area contributed by atoms with Crippen molar-refractivity contribution in [2.45, 2.75) is 6.61 Å². The second-order valence-electron chi connectivity index (χ2n) is 4.77. The number of nitrogens with one attached hydrogen (secondary N) is 3. The zero-order chi connectivity index (χ0) is 17.5. The van der Waals surface area contributed by atoms with Gasteiger partial charge in [0.25, 0.3) is 0 Å². The summed E-state index contributed by atoms with van der Waals surface area (Å²) >= 11 is 5.04. The van der Waals surface area contributed by atoms with Crippen molar-refractivity contribution >= 4 is 33.8 Å². The number of halogens is 2. The zero-order valence-corrected chi connectivity index (χ0v) is 13.6. The van der Waals surface area contributed by atoms with Gasteiger partial charge in [0.2, 0.25) is 0 Å². The topological polar surface area (TPSA) is 45.3 Å². The third-order valence-corrected chi connectivity index (χ3v) is 3.39. The highest BCUT2D eigenvalue weighted by molar-refractivity contribution is 7.80. The van der Waals surface area contributed by atoms with Crippen LogP contribution in [-0.4, -0.2) is 18.3 Å². The van der Waals surface area contributed by atoms with Gasteiger partial charge in [-0.1, -0.05) is 43.0 Å². The number of hydrogen-bond donors (Lipinski definition) is 3. The van der Waals surface area contributed by atoms with Crippen LogP contribution in [0.4, 0.5) is 8.78 Å². The zero-order valence-electron chi connectivity index (χ0n) is 12.8. The van der Waals surface area contributed by atoms with E-state index in [2.05, 4.69) is 29.3 Å². The molecule has 0 saturated heterocycles. The molecule has 24 heavy (non-hydrogen) atoms. The monoisotopic (exact) mass is 349 g/mol. The summed E-state index contributed by atoms with van der Waals surface area (Å²) < 4.78 is 30.4. The van der Waals surface area contributed by atoms with E-state index < -0.39 is 6.61 Å². The summed E-state index contributed by atoms with van der Waals surface area (Å²) in [6.45, 7) is 4.97. The molecule has 4 nitrogen and oxygen atoms in total. The van der Waals surface area contributed by atoms with Gasteiger partial charge < -0.3 is 10.1 Å². The van der Waals surface area contributed by atoms with Crippen LogP contribution in [0.15, 0.2) is 55.6 Å². The van der Waals surface area contributed by atoms with Crippen molar-refractivity contribution in [1.29, 1.82) is 0 Å². The second kappa shape index (κ2) is 8.26. The molecule has 0 saturated carbocycles. The molecular weight excluding hydrogens is 332 g/mol. The van der Waals surface area contributed by atoms with Crippen molar-refractivity contribution in [2.75, 3.05) is 6.54 Å². The summed E-state index contributed by atoms with van der Waals surface area (Å²) in [5.41, 5.74) is 6.26. The molecule has 0 aromatic heterocycles. The summed E-state index contributed by atoms with van der Waals surface area (Å²) in [5, 5.41) is 4.56. The quantitative estimate of drug-likeness (QED) is 0.405. The minimum Gasteiger partial charge on any atom is -0.433 e. The lowest BCUT2D eigenvalue weighted by Crippen LogP contribution is -2.42. The number of benzene rings is 2. The Morgan fingerprint density at radius 1 is 1.21 bits per heavy atom. The molecule has 126 valence electrons. The number of alkyl halides is 2. The molecule has 0 fully saturated rings. The van der Waals surface area contributed by atoms with Crippen molar-refractivity contribution < 1.29 is 13.5 Å². The van der Waals surface area contributed by atoms with Gasteiger partial charge in [0, 0.05) is 17.5 Å². The number of thiocarbonyl (C=S) groups is 1. The molecular formula is C17H17F2N3OS. The SMILES string of the molecule is C=CCNC(=S)NNC(=C)c1ccc2ccccc2c1OC(F)F. The highest BCUT2D eigenvalue weighted by atomic mass is 32.1. The number of rotatable bonds is 7. The lowest BCUT2D eigenvalue weighted by Gasteiger charge is -2.18. The first-order valence-electron chi connectivity index (χ1n) is 7.09. The molecule has 0 amide bonds. The molecule has 0 aliphatic rings. The van der Waals surface area contributed by atoms with Gasteiger partial charge in [-0.2, -0.15) is 8.78 Å². The van der Waals surface area contributed by atoms with Crippen molar-refractivity contribution in [1.82, 2.24) is 16.2 Å². The molecule has 0 atom stereocenters. The lowest BCUT2D eigenvalue weighted by molar-refractivity contribution is -0.0489. The highest BCUT2D eigenvalue weighted by Crippen LogP contribution is 2.33. The fourth-order valence-corrected chi connectivity index (χ4v) is 2.24. The maximum atomic E-state index is 12.8. The Labute approximate surface area is 144 Å². The molecule has 2 aromatic rings. The number of hydrazine groups is 1. The van der Waals surface area contributed by atoms with Crippen LogP contribution in [0.5, 0.6) is 5.75 Å². The van der Waals surface area contributed by atoms with Gasteiger partial charge in [0.05, 0.1) is 5.70 Å². The van der Waals surface area contributed by atoms with E-state index in [-0.39, 0.29) is 5.75 Å². The third-order valence-electron chi connectivity index (χ3n) is 3.15. The van der Waals surface area contributed by atoms with E-state index >= 15 is 0 Å². The first kappa shape index (κ1) is 17.7. The summed E-state index contributed by atoms with van der Waals surface area (Å²) in [6.07, 6.45) is 1.65. The number of fused-ring (bicyclic) bond motifs is 1. The van der Waals surface area contributed by atoms with Gasteiger partial charge in [-0.05, 0) is 23.7 Å². The first-order chi connectivity index (χ1) is 11.5. The van der Waals surface area contributed by atoms with Gasteiger partial charge in [0.15, 0.2) is 5.11 Å². The van der Waals surface area contributed by atoms with Crippen LogP contribution < -0.4 is 20.9 Å². The van der Waals surface area contributed by atoms with Crippen molar-refractivity contribution in [3.8, 4) is 5.75 Å². The summed E-state index contributed by atoms with van der Waals surface area (Å²) in [7, 11) is 0. The van der Waals surface area contributed by atoms with Crippen LogP contribution in [0.1, 0.15) is 5.56 Å². The molecule has 0 heterocycles. The standard InChI is InChI=1S/C17H17F2N3OS/c1-3-10-20-17(24)22-21-11(2)13-9-8-12-6-4-5-7-14(12)15(13)23-16(18)19/h3-9,16,21H,1-2,10H2,(H2,20,22,24). The number of hydrogen-bond acceptors (Lipinski definition) is 3. The molecule has 2 aromatic carbocycles. The van der Waals surface area contributed by atoms with Gasteiger partial charge in [-0.3, -0.25) is 10.9 Å². The first-order valence-corrected chi connectivity index (χ1v) is 7.50. The van der Waals surface area contributed by atoms with Crippen LogP contribution in [0.2, 0.25) is 0 Å². The average molecular weight is 349 g/mol. The second-order valence-corrected chi connectivity index (χ2v) is 5.18. The van der Waals surface area contributed by atoms with Crippen LogP contribution >= 0.6 is 12.2 Å². The number of ether oxygens (including phenoxy) is 1. The smallest absolute Gasteiger partial charge is 0.387 e. The van der Waals surface area contributed by atoms with Crippen LogP contribution in [0, 0.1) is 0 Å². The maximum absolute atomic E-state index is 12.8. The Bertz CT molecular complexity index is 765. The van der Waals surface area contributed by atoms with E-state index in [1.807, 2.05) is 18.2 Å². The lowest BCUT2D eigenvalue weighted by atomic mass is 10.0. The molecule has 3 N–H and O–H groups in total. The van der Waals surface area contributed by atoms with Gasteiger partial charge in [-0.15, -0.1) is 6.58 Å². The molecule has 0 bridgehead atoms. The minimum atomic E-state index is -2.94. The van der Waals surface area contributed by atoms with E-state index in [1.54, 1.807) is 24.3 Å². The predicted molar refractivity (Wildman–Crippen MR) is 96.7 cm³/mol. The van der Waals surface area contributed by atoms with E-state index in [0.29, 0.717) is 28.3 Å². The van der Waals surface area contributed by atoms with E-state index in [1.165, 1.54) is 0 Å². The molecule has 2 rings (SSSR count). The molecule has 0 aliphatic heterocycles. The van der Waals surface area contributed by atoms with Crippen molar-refractivity contribution in [2.24, 2.45) is 0 Å². The predicted octanol–water partition coefficient (Wildman–Crippen LogP) is 3.57. The Balaban J connectivity index is 2.25. The van der Waals surface area contributed by atoms with Gasteiger partial charge in [-0.25, -0.2) is 0 Å². The Kier molecular flexibility index (Phi) is 6.08. The van der Waals surface area contributed by atoms with Crippen LogP contribution in [0.3, 0.4) is 0 Å². The summed E-state index contributed by atoms with van der Waals surface area (Å²) in [4.78, 5) is 0. The van der Waals surface area contributed by atoms with E-state index in [4.69, 9.17) is 17.0 Å². The van der Waals surface area contributed by atoms with Crippen LogP contribution in [0.25, 0.3) is 16.5 Å². The van der Waals surface area contributed by atoms with Gasteiger partial charge in [0.1, 0.15) is 5.75 Å². The fourth-order valence-electron chi connectivity index (χ4n) is 2.11. The largest absolute Gasteiger partial charge is 0.433 e. The minimum absolute atomic E-state index is 0.0624. The Morgan fingerprint density at radius 3 is 2.67 bits per heavy atom. The average Bonchev–Trinajstić information content (AvgIpc) is 2.57. The van der Waals surface area contributed by atoms with Crippen molar-refractivity contribution in [3.63, 3.8) is 0 Å². The molecule has 7 heteroatoms. The summed E-state index contributed by atoms with van der Waals surface area (Å²) in [6, 6.07) is 10.6. The normalized spacial score (nSPS) is 10.3. The summed E-state index contributed by atoms with van der Waals surface area (Å²) in [5.74, 6) is 0.0624. The maximum Gasteiger partial charge on any atom is 0.387 e. The molecule has 0 unspecified atom stereocenters. The van der Waals surface area contributed by atoms with E-state index in [0.717, 1.165) is 5.39 Å². The molecule has 0 radical (unpaired) electrons. The molecule has 0 aliphatic carbocycles. The van der Waals surface area contributed by atoms with Crippen LogP contribution in [-0.2, 0) is 0 Å². The molecule has 0 spiro atoms. The third kappa shape index (κ3) is 4.42. The Morgan fingerprint density at radius 2 is 1.96 bits per heavy atom. The van der Waals surface area contributed by atoms with Crippen molar-refractivity contribution in [3.05, 3.63) is 61.2 Å². The van der Waals surface area contributed by atoms with Gasteiger partial charge >= 0.3 is 6.61 Å². The highest BCUT2D eigenvalue weighted by Gasteiger charge is 2.15. The fraction of sp³-hybridized carbons (Fsp3) is 0.118. The Hall–Kier alpha value is -2.67.